The summed E-state index contributed by atoms with van der Waals surface area (Å²) in [6, 6.07) is 11.8. The van der Waals surface area contributed by atoms with Gasteiger partial charge in [0, 0.05) is 12.1 Å². The molecule has 182 valence electrons. The number of nitrogens with zero attached hydrogens (tertiary/aromatic N) is 2. The van der Waals surface area contributed by atoms with Gasteiger partial charge in [-0.1, -0.05) is 31.9 Å². The van der Waals surface area contributed by atoms with Gasteiger partial charge < -0.3 is 19.6 Å². The quantitative estimate of drug-likeness (QED) is 0.223. The van der Waals surface area contributed by atoms with Gasteiger partial charge in [-0.3, -0.25) is 9.59 Å². The maximum Gasteiger partial charge on any atom is 0.295 e. The van der Waals surface area contributed by atoms with Crippen LogP contribution in [0, 0.1) is 5.82 Å². The average molecular weight is 469 g/mol. The highest BCUT2D eigenvalue weighted by Gasteiger charge is 2.45. The van der Waals surface area contributed by atoms with E-state index in [1.165, 1.54) is 29.2 Å². The Hall–Kier alpha value is -3.19. The zero-order chi connectivity index (χ0) is 24.7. The Balaban J connectivity index is 2.01. The summed E-state index contributed by atoms with van der Waals surface area (Å²) in [5.74, 6) is -1.51. The van der Waals surface area contributed by atoms with Crippen LogP contribution in [0.2, 0.25) is 0 Å². The third kappa shape index (κ3) is 6.03. The van der Waals surface area contributed by atoms with E-state index in [0.717, 1.165) is 25.8 Å². The molecule has 0 aliphatic carbocycles. The molecule has 1 atom stereocenters. The van der Waals surface area contributed by atoms with Crippen LogP contribution in [0.5, 0.6) is 5.75 Å². The maximum atomic E-state index is 13.4. The van der Waals surface area contributed by atoms with Crippen molar-refractivity contribution in [2.75, 3.05) is 33.8 Å². The molecule has 0 aromatic heterocycles. The number of carbonyl (C=O) groups is 2. The molecule has 3 rings (SSSR count). The third-order valence-electron chi connectivity index (χ3n) is 5.85. The van der Waals surface area contributed by atoms with E-state index >= 15 is 0 Å². The molecule has 1 heterocycles. The number of hydrogen-bond acceptors (Lipinski definition) is 5. The van der Waals surface area contributed by atoms with Gasteiger partial charge in [-0.25, -0.2) is 4.39 Å². The lowest BCUT2D eigenvalue weighted by Crippen LogP contribution is -2.32. The van der Waals surface area contributed by atoms with Crippen LogP contribution in [-0.4, -0.2) is 60.4 Å². The van der Waals surface area contributed by atoms with Crippen molar-refractivity contribution in [1.82, 2.24) is 9.80 Å². The highest BCUT2D eigenvalue weighted by Crippen LogP contribution is 2.40. The molecular formula is C27H33FN2O4. The van der Waals surface area contributed by atoms with Crippen LogP contribution in [0.15, 0.2) is 54.1 Å². The number of benzene rings is 2. The lowest BCUT2D eigenvalue weighted by molar-refractivity contribution is -0.139. The van der Waals surface area contributed by atoms with Crippen LogP contribution in [0.4, 0.5) is 4.39 Å². The van der Waals surface area contributed by atoms with E-state index in [2.05, 4.69) is 6.92 Å². The van der Waals surface area contributed by atoms with E-state index in [4.69, 9.17) is 4.74 Å². The number of aliphatic hydroxyl groups is 1. The van der Waals surface area contributed by atoms with Crippen LogP contribution in [0.3, 0.4) is 0 Å². The van der Waals surface area contributed by atoms with Gasteiger partial charge in [0.15, 0.2) is 0 Å². The van der Waals surface area contributed by atoms with Crippen molar-refractivity contribution >= 4 is 17.4 Å². The number of ketones is 1. The van der Waals surface area contributed by atoms with Gasteiger partial charge in [0.25, 0.3) is 11.7 Å². The molecule has 1 aliphatic rings. The second-order valence-electron chi connectivity index (χ2n) is 8.78. The SMILES string of the molecule is CCCCCOc1cccc(C2C(=C(O)c3ccc(F)cc3)C(=O)C(=O)N2CCCN(C)C)c1. The number of rotatable bonds is 11. The van der Waals surface area contributed by atoms with Gasteiger partial charge in [-0.05, 0) is 75.4 Å². The van der Waals surface area contributed by atoms with Crippen molar-refractivity contribution in [1.29, 1.82) is 0 Å². The minimum atomic E-state index is -0.758. The Kier molecular flexibility index (Phi) is 8.82. The van der Waals surface area contributed by atoms with Crippen molar-refractivity contribution in [2.24, 2.45) is 0 Å². The van der Waals surface area contributed by atoms with Gasteiger partial charge in [-0.15, -0.1) is 0 Å². The van der Waals surface area contributed by atoms with Gasteiger partial charge in [0.05, 0.1) is 18.2 Å². The largest absolute Gasteiger partial charge is 0.507 e. The third-order valence-corrected chi connectivity index (χ3v) is 5.85. The fourth-order valence-corrected chi connectivity index (χ4v) is 4.09. The smallest absolute Gasteiger partial charge is 0.295 e. The lowest BCUT2D eigenvalue weighted by Gasteiger charge is -2.26. The normalized spacial score (nSPS) is 17.6. The second kappa shape index (κ2) is 11.8. The highest BCUT2D eigenvalue weighted by atomic mass is 19.1. The van der Waals surface area contributed by atoms with Crippen molar-refractivity contribution < 1.29 is 23.8 Å². The molecular weight excluding hydrogens is 435 g/mol. The van der Waals surface area contributed by atoms with Crippen molar-refractivity contribution in [3.63, 3.8) is 0 Å². The van der Waals surface area contributed by atoms with E-state index in [0.29, 0.717) is 30.9 Å². The van der Waals surface area contributed by atoms with Gasteiger partial charge >= 0.3 is 0 Å². The van der Waals surface area contributed by atoms with E-state index in [1.807, 2.05) is 43.3 Å². The fourth-order valence-electron chi connectivity index (χ4n) is 4.09. The number of halogens is 1. The first kappa shape index (κ1) is 25.4. The molecule has 1 fully saturated rings. The first-order chi connectivity index (χ1) is 16.3. The molecule has 1 aliphatic heterocycles. The molecule has 1 unspecified atom stereocenters. The minimum absolute atomic E-state index is 0.00425. The molecule has 34 heavy (non-hydrogen) atoms. The summed E-state index contributed by atoms with van der Waals surface area (Å²) in [7, 11) is 3.89. The number of unbranched alkanes of at least 4 members (excludes halogenated alkanes) is 2. The second-order valence-corrected chi connectivity index (χ2v) is 8.78. The predicted molar refractivity (Wildman–Crippen MR) is 130 cm³/mol. The maximum absolute atomic E-state index is 13.4. The number of carbonyl (C=O) groups excluding carboxylic acids is 2. The number of ether oxygens (including phenoxy) is 1. The molecule has 1 saturated heterocycles. The van der Waals surface area contributed by atoms with E-state index in [1.54, 1.807) is 0 Å². The average Bonchev–Trinajstić information content (AvgIpc) is 3.07. The summed E-state index contributed by atoms with van der Waals surface area (Å²) in [4.78, 5) is 29.6. The van der Waals surface area contributed by atoms with E-state index in [9.17, 15) is 19.1 Å². The molecule has 0 saturated carbocycles. The van der Waals surface area contributed by atoms with Crippen molar-refractivity contribution in [2.45, 2.75) is 38.6 Å². The number of likely N-dealkylation sites (tertiary alicyclic amines) is 1. The monoisotopic (exact) mass is 468 g/mol. The Bertz CT molecular complexity index is 1030. The zero-order valence-electron chi connectivity index (χ0n) is 20.1. The summed E-state index contributed by atoms with van der Waals surface area (Å²) in [5, 5.41) is 11.1. The van der Waals surface area contributed by atoms with Gasteiger partial charge in [-0.2, -0.15) is 0 Å². The number of amides is 1. The summed E-state index contributed by atoms with van der Waals surface area (Å²) < 4.78 is 19.3. The van der Waals surface area contributed by atoms with Crippen LogP contribution in [0.25, 0.3) is 5.76 Å². The van der Waals surface area contributed by atoms with Crippen molar-refractivity contribution in [3.8, 4) is 5.75 Å². The molecule has 7 heteroatoms. The van der Waals surface area contributed by atoms with Crippen molar-refractivity contribution in [3.05, 3.63) is 71.0 Å². The lowest BCUT2D eigenvalue weighted by atomic mass is 9.95. The summed E-state index contributed by atoms with van der Waals surface area (Å²) in [6.45, 7) is 3.81. The standard InChI is InChI=1S/C27H33FN2O4/c1-4-5-6-17-34-22-10-7-9-20(18-22)24-23(25(31)19-11-13-21(28)14-12-19)26(32)27(33)30(24)16-8-15-29(2)3/h7,9-14,18,24,31H,4-6,8,15-17H2,1-3H3. The molecule has 6 nitrogen and oxygen atoms in total. The molecule has 2 aromatic carbocycles. The Morgan fingerprint density at radius 2 is 1.82 bits per heavy atom. The Morgan fingerprint density at radius 3 is 2.50 bits per heavy atom. The first-order valence-electron chi connectivity index (χ1n) is 11.7. The molecule has 2 aromatic rings. The molecule has 0 spiro atoms. The van der Waals surface area contributed by atoms with Gasteiger partial charge in [0.1, 0.15) is 17.3 Å². The Labute approximate surface area is 200 Å². The minimum Gasteiger partial charge on any atom is -0.507 e. The Morgan fingerprint density at radius 1 is 1.09 bits per heavy atom. The van der Waals surface area contributed by atoms with Gasteiger partial charge in [0.2, 0.25) is 0 Å². The summed E-state index contributed by atoms with van der Waals surface area (Å²) in [6.07, 6.45) is 3.77. The first-order valence-corrected chi connectivity index (χ1v) is 11.7. The summed E-state index contributed by atoms with van der Waals surface area (Å²) in [5.41, 5.74) is 0.968. The molecule has 0 bridgehead atoms. The number of aliphatic hydroxyl groups excluding tert-OH is 1. The number of hydrogen-bond donors (Lipinski definition) is 1. The van der Waals surface area contributed by atoms with Crippen LogP contribution in [0.1, 0.15) is 49.8 Å². The summed E-state index contributed by atoms with van der Waals surface area (Å²) >= 11 is 0. The van der Waals surface area contributed by atoms with Crippen LogP contribution >= 0.6 is 0 Å². The zero-order valence-corrected chi connectivity index (χ0v) is 20.1. The molecule has 1 N–H and O–H groups in total. The highest BCUT2D eigenvalue weighted by molar-refractivity contribution is 6.46. The van der Waals surface area contributed by atoms with Crippen LogP contribution < -0.4 is 4.74 Å². The topological polar surface area (TPSA) is 70.1 Å². The van der Waals surface area contributed by atoms with E-state index < -0.39 is 23.5 Å². The molecule has 1 amide bonds. The molecule has 0 radical (unpaired) electrons. The number of Topliss-reactive ketones (excluding diaryl/α,β-unsaturated/α-hetero) is 1. The van der Waals surface area contributed by atoms with E-state index in [-0.39, 0.29) is 16.9 Å². The predicted octanol–water partition coefficient (Wildman–Crippen LogP) is 4.77. The van der Waals surface area contributed by atoms with Crippen LogP contribution in [-0.2, 0) is 9.59 Å². The fraction of sp³-hybridized carbons (Fsp3) is 0.407.